The lowest BCUT2D eigenvalue weighted by Gasteiger charge is -2.60. The Bertz CT molecular complexity index is 388. The van der Waals surface area contributed by atoms with Crippen molar-refractivity contribution in [1.82, 2.24) is 0 Å². The maximum Gasteiger partial charge on any atom is 0.312 e. The van der Waals surface area contributed by atoms with Gasteiger partial charge in [-0.15, -0.1) is 0 Å². The van der Waals surface area contributed by atoms with Crippen LogP contribution in [0.15, 0.2) is 0 Å². The van der Waals surface area contributed by atoms with Crippen LogP contribution < -0.4 is 5.73 Å². The van der Waals surface area contributed by atoms with Gasteiger partial charge in [0.2, 0.25) is 0 Å². The summed E-state index contributed by atoms with van der Waals surface area (Å²) in [6, 6.07) is 0. The normalized spacial score (nSPS) is 44.4. The van der Waals surface area contributed by atoms with Gasteiger partial charge in [0.25, 0.3) is 0 Å². The summed E-state index contributed by atoms with van der Waals surface area (Å²) in [7, 11) is 0. The molecule has 3 nitrogen and oxygen atoms in total. The van der Waals surface area contributed by atoms with Gasteiger partial charge in [-0.05, 0) is 64.2 Å². The molecule has 0 aliphatic heterocycles. The predicted molar refractivity (Wildman–Crippen MR) is 74.5 cm³/mol. The van der Waals surface area contributed by atoms with Gasteiger partial charge in [-0.25, -0.2) is 0 Å². The van der Waals surface area contributed by atoms with E-state index in [0.717, 1.165) is 38.5 Å². The number of nitrogens with two attached hydrogens (primary N) is 1. The number of carbonyl (C=O) groups is 1. The van der Waals surface area contributed by atoms with E-state index in [1.54, 1.807) is 0 Å². The SMILES string of the molecule is CCC(C)(C)C(=O)OC12CC3CC(CC(N)(C3)C1)C2. The lowest BCUT2D eigenvalue weighted by atomic mass is 9.51. The largest absolute Gasteiger partial charge is 0.459 e. The highest BCUT2D eigenvalue weighted by atomic mass is 16.6. The van der Waals surface area contributed by atoms with Crippen molar-refractivity contribution >= 4 is 5.97 Å². The standard InChI is InChI=1S/C16H27NO2/c1-4-14(2,3)13(18)19-16-8-11-5-12(9-16)7-15(17,6-11)10-16/h11-12H,4-10,17H2,1-3H3. The predicted octanol–water partition coefficient (Wildman–Crippen LogP) is 3.02. The summed E-state index contributed by atoms with van der Waals surface area (Å²) in [6.07, 6.45) is 7.39. The van der Waals surface area contributed by atoms with Crippen LogP contribution in [0.1, 0.15) is 65.7 Å². The van der Waals surface area contributed by atoms with Crippen LogP contribution in [-0.4, -0.2) is 17.1 Å². The van der Waals surface area contributed by atoms with Crippen LogP contribution in [-0.2, 0) is 9.53 Å². The fraction of sp³-hybridized carbons (Fsp3) is 0.938. The Kier molecular flexibility index (Phi) is 2.80. The minimum absolute atomic E-state index is 0.0273. The smallest absolute Gasteiger partial charge is 0.312 e. The molecule has 4 aliphatic carbocycles. The minimum atomic E-state index is -0.370. The fourth-order valence-electron chi connectivity index (χ4n) is 4.85. The van der Waals surface area contributed by atoms with Crippen molar-refractivity contribution in [2.75, 3.05) is 0 Å². The molecule has 4 rings (SSSR count). The van der Waals surface area contributed by atoms with E-state index in [9.17, 15) is 4.79 Å². The quantitative estimate of drug-likeness (QED) is 0.798. The molecular weight excluding hydrogens is 238 g/mol. The van der Waals surface area contributed by atoms with E-state index in [1.807, 2.05) is 20.8 Å². The van der Waals surface area contributed by atoms with E-state index >= 15 is 0 Å². The van der Waals surface area contributed by atoms with Gasteiger partial charge >= 0.3 is 5.97 Å². The van der Waals surface area contributed by atoms with Crippen LogP contribution in [0.5, 0.6) is 0 Å². The average molecular weight is 265 g/mol. The number of carbonyl (C=O) groups excluding carboxylic acids is 1. The summed E-state index contributed by atoms with van der Waals surface area (Å²) < 4.78 is 6.05. The van der Waals surface area contributed by atoms with Crippen molar-refractivity contribution in [3.05, 3.63) is 0 Å². The Morgan fingerprint density at radius 1 is 1.26 bits per heavy atom. The molecule has 108 valence electrons. The van der Waals surface area contributed by atoms with Crippen molar-refractivity contribution in [2.24, 2.45) is 23.0 Å². The van der Waals surface area contributed by atoms with Crippen LogP contribution in [0.2, 0.25) is 0 Å². The molecule has 2 atom stereocenters. The zero-order valence-electron chi connectivity index (χ0n) is 12.5. The topological polar surface area (TPSA) is 52.3 Å². The Balaban J connectivity index is 1.79. The second-order valence-electron chi connectivity index (χ2n) is 8.13. The summed E-state index contributed by atoms with van der Waals surface area (Å²) in [6.45, 7) is 6.01. The first-order valence-electron chi connectivity index (χ1n) is 7.78. The van der Waals surface area contributed by atoms with Gasteiger partial charge in [0.15, 0.2) is 0 Å². The van der Waals surface area contributed by atoms with Gasteiger partial charge in [0.05, 0.1) is 5.41 Å². The summed E-state index contributed by atoms with van der Waals surface area (Å²) in [4.78, 5) is 12.4. The minimum Gasteiger partial charge on any atom is -0.459 e. The highest BCUT2D eigenvalue weighted by Gasteiger charge is 2.58. The number of rotatable bonds is 3. The first kappa shape index (κ1) is 13.4. The maximum absolute atomic E-state index is 12.4. The van der Waals surface area contributed by atoms with Gasteiger partial charge < -0.3 is 10.5 Å². The third-order valence-corrected chi connectivity index (χ3v) is 5.80. The van der Waals surface area contributed by atoms with Gasteiger partial charge in [0.1, 0.15) is 5.60 Å². The molecule has 4 saturated carbocycles. The Morgan fingerprint density at radius 2 is 1.84 bits per heavy atom. The monoisotopic (exact) mass is 265 g/mol. The molecule has 0 spiro atoms. The molecule has 3 heteroatoms. The molecule has 0 radical (unpaired) electrons. The molecule has 0 aromatic rings. The highest BCUT2D eigenvalue weighted by molar-refractivity contribution is 5.76. The zero-order chi connectivity index (χ0) is 13.9. The summed E-state index contributed by atoms with van der Waals surface area (Å²) in [5, 5.41) is 0. The van der Waals surface area contributed by atoms with Crippen LogP contribution in [0.25, 0.3) is 0 Å². The first-order chi connectivity index (χ1) is 8.76. The molecule has 4 aliphatic rings. The second kappa shape index (κ2) is 3.97. The molecule has 0 amide bonds. The van der Waals surface area contributed by atoms with E-state index in [1.165, 1.54) is 6.42 Å². The third kappa shape index (κ3) is 2.20. The van der Waals surface area contributed by atoms with Crippen LogP contribution in [0.4, 0.5) is 0 Å². The summed E-state index contributed by atoms with van der Waals surface area (Å²) >= 11 is 0. The molecular formula is C16H27NO2. The third-order valence-electron chi connectivity index (χ3n) is 5.80. The van der Waals surface area contributed by atoms with E-state index in [2.05, 4.69) is 0 Å². The lowest BCUT2D eigenvalue weighted by Crippen LogP contribution is -2.64. The molecule has 0 aromatic carbocycles. The van der Waals surface area contributed by atoms with E-state index in [-0.39, 0.29) is 22.5 Å². The Hall–Kier alpha value is -0.570. The maximum atomic E-state index is 12.4. The summed E-state index contributed by atoms with van der Waals surface area (Å²) in [5.41, 5.74) is 5.87. The van der Waals surface area contributed by atoms with E-state index in [4.69, 9.17) is 10.5 Å². The molecule has 4 bridgehead atoms. The van der Waals surface area contributed by atoms with Gasteiger partial charge in [-0.1, -0.05) is 6.92 Å². The van der Waals surface area contributed by atoms with Crippen molar-refractivity contribution < 1.29 is 9.53 Å². The van der Waals surface area contributed by atoms with E-state index < -0.39 is 0 Å². The highest BCUT2D eigenvalue weighted by Crippen LogP contribution is 2.58. The van der Waals surface area contributed by atoms with Crippen molar-refractivity contribution in [3.8, 4) is 0 Å². The van der Waals surface area contributed by atoms with Gasteiger partial charge in [-0.2, -0.15) is 0 Å². The molecule has 4 fully saturated rings. The number of ether oxygens (including phenoxy) is 1. The first-order valence-corrected chi connectivity index (χ1v) is 7.78. The Labute approximate surface area is 116 Å². The van der Waals surface area contributed by atoms with Crippen molar-refractivity contribution in [1.29, 1.82) is 0 Å². The van der Waals surface area contributed by atoms with Gasteiger partial charge in [0, 0.05) is 12.0 Å². The average Bonchev–Trinajstić information content (AvgIpc) is 2.24. The second-order valence-corrected chi connectivity index (χ2v) is 8.13. The Morgan fingerprint density at radius 3 is 2.32 bits per heavy atom. The number of esters is 1. The molecule has 19 heavy (non-hydrogen) atoms. The molecule has 2 N–H and O–H groups in total. The molecule has 0 saturated heterocycles. The van der Waals surface area contributed by atoms with Crippen LogP contribution >= 0.6 is 0 Å². The van der Waals surface area contributed by atoms with Gasteiger partial charge in [-0.3, -0.25) is 4.79 Å². The van der Waals surface area contributed by atoms with Crippen molar-refractivity contribution in [2.45, 2.75) is 76.9 Å². The van der Waals surface area contributed by atoms with Crippen LogP contribution in [0.3, 0.4) is 0 Å². The number of hydrogen-bond acceptors (Lipinski definition) is 3. The zero-order valence-corrected chi connectivity index (χ0v) is 12.5. The lowest BCUT2D eigenvalue weighted by molar-refractivity contribution is -0.198. The molecule has 0 heterocycles. The number of hydrogen-bond donors (Lipinski definition) is 1. The van der Waals surface area contributed by atoms with Crippen molar-refractivity contribution in [3.63, 3.8) is 0 Å². The van der Waals surface area contributed by atoms with Crippen LogP contribution in [0, 0.1) is 17.3 Å². The molecule has 2 unspecified atom stereocenters. The fourth-order valence-corrected chi connectivity index (χ4v) is 4.85. The summed E-state index contributed by atoms with van der Waals surface area (Å²) in [5.74, 6) is 1.34. The van der Waals surface area contributed by atoms with E-state index in [0.29, 0.717) is 11.8 Å². The molecule has 0 aromatic heterocycles.